The number of carbonyl (C=O) groups is 2. The molecule has 3 aromatic rings. The first-order chi connectivity index (χ1) is 14.0. The molecule has 0 aliphatic carbocycles. The number of ether oxygens (including phenoxy) is 1. The molecule has 150 valence electrons. The number of aromatic nitrogens is 2. The number of esters is 1. The predicted molar refractivity (Wildman–Crippen MR) is 113 cm³/mol. The van der Waals surface area contributed by atoms with Gasteiger partial charge in [0, 0.05) is 6.20 Å². The lowest BCUT2D eigenvalue weighted by Gasteiger charge is -2.17. The minimum Gasteiger partial charge on any atom is -0.451 e. The van der Waals surface area contributed by atoms with Gasteiger partial charge < -0.3 is 10.1 Å². The molecule has 1 atom stereocenters. The molecule has 7 heteroatoms. The van der Waals surface area contributed by atoms with Crippen LogP contribution in [0.15, 0.2) is 48.7 Å². The van der Waals surface area contributed by atoms with Crippen LogP contribution >= 0.6 is 11.3 Å². The summed E-state index contributed by atoms with van der Waals surface area (Å²) in [6, 6.07) is 13.4. The Balaban J connectivity index is 1.59. The molecule has 0 saturated carbocycles. The summed E-state index contributed by atoms with van der Waals surface area (Å²) < 4.78 is 5.22. The zero-order valence-electron chi connectivity index (χ0n) is 16.6. The van der Waals surface area contributed by atoms with Gasteiger partial charge in [0.1, 0.15) is 9.88 Å². The van der Waals surface area contributed by atoms with Crippen molar-refractivity contribution >= 4 is 23.2 Å². The van der Waals surface area contributed by atoms with Gasteiger partial charge in [0.25, 0.3) is 5.91 Å². The number of aryl methyl sites for hydroxylation is 2. The lowest BCUT2D eigenvalue weighted by atomic mass is 10.0. The molecule has 1 aromatic carbocycles. The molecule has 1 N–H and O–H groups in total. The summed E-state index contributed by atoms with van der Waals surface area (Å²) in [6.07, 6.45) is 2.41. The first-order valence-corrected chi connectivity index (χ1v) is 10.2. The lowest BCUT2D eigenvalue weighted by Crippen LogP contribution is -2.32. The molecule has 0 unspecified atom stereocenters. The molecule has 2 aromatic heterocycles. The third-order valence-corrected chi connectivity index (χ3v) is 5.58. The van der Waals surface area contributed by atoms with E-state index in [4.69, 9.17) is 4.74 Å². The van der Waals surface area contributed by atoms with Gasteiger partial charge >= 0.3 is 5.97 Å². The molecular weight excluding hydrogens is 386 g/mol. The van der Waals surface area contributed by atoms with Crippen LogP contribution in [0.25, 0.3) is 10.7 Å². The smallest absolute Gasteiger partial charge is 0.350 e. The number of nitrogens with zero attached hydrogens (tertiary/aromatic N) is 2. The van der Waals surface area contributed by atoms with E-state index in [0.29, 0.717) is 21.3 Å². The van der Waals surface area contributed by atoms with Crippen molar-refractivity contribution in [3.05, 3.63) is 70.4 Å². The van der Waals surface area contributed by atoms with Crippen molar-refractivity contribution in [1.82, 2.24) is 15.3 Å². The monoisotopic (exact) mass is 409 g/mol. The van der Waals surface area contributed by atoms with Gasteiger partial charge in [0.2, 0.25) is 0 Å². The highest BCUT2D eigenvalue weighted by Crippen LogP contribution is 2.27. The number of benzene rings is 1. The molecule has 0 bridgehead atoms. The van der Waals surface area contributed by atoms with Gasteiger partial charge in [-0.25, -0.2) is 9.78 Å². The van der Waals surface area contributed by atoms with E-state index in [2.05, 4.69) is 15.3 Å². The third-order valence-electron chi connectivity index (χ3n) is 4.42. The van der Waals surface area contributed by atoms with E-state index < -0.39 is 5.97 Å². The summed E-state index contributed by atoms with van der Waals surface area (Å²) in [7, 11) is 0. The van der Waals surface area contributed by atoms with Crippen LogP contribution in [0.1, 0.15) is 45.9 Å². The fourth-order valence-corrected chi connectivity index (χ4v) is 3.77. The number of rotatable bonds is 7. The molecule has 6 nitrogen and oxygen atoms in total. The van der Waals surface area contributed by atoms with Gasteiger partial charge in [-0.05, 0) is 38.0 Å². The standard InChI is InChI=1S/C22H23N3O3S/c1-4-17(16-10-8-14(2)9-11-16)25-19(26)13-28-22(27)20-15(3)24-21(29-20)18-7-5-6-12-23-18/h5-12,17H,4,13H2,1-3H3,(H,25,26)/t17-/m1/s1. The molecule has 0 aliphatic rings. The van der Waals surface area contributed by atoms with Gasteiger partial charge in [-0.15, -0.1) is 11.3 Å². The van der Waals surface area contributed by atoms with Crippen molar-refractivity contribution in [2.45, 2.75) is 33.2 Å². The first kappa shape index (κ1) is 20.7. The minimum atomic E-state index is -0.555. The van der Waals surface area contributed by atoms with Gasteiger partial charge in [-0.3, -0.25) is 9.78 Å². The number of nitrogens with one attached hydrogen (secondary N) is 1. The van der Waals surface area contributed by atoms with Gasteiger partial charge in [-0.1, -0.05) is 42.8 Å². The van der Waals surface area contributed by atoms with Gasteiger partial charge in [0.05, 0.1) is 17.4 Å². The maximum absolute atomic E-state index is 12.4. The van der Waals surface area contributed by atoms with E-state index >= 15 is 0 Å². The molecule has 0 spiro atoms. The van der Waals surface area contributed by atoms with E-state index in [9.17, 15) is 9.59 Å². The molecular formula is C22H23N3O3S. The molecule has 0 radical (unpaired) electrons. The Bertz CT molecular complexity index is 984. The van der Waals surface area contributed by atoms with Crippen molar-refractivity contribution in [3.63, 3.8) is 0 Å². The molecule has 0 fully saturated rings. The number of hydrogen-bond donors (Lipinski definition) is 1. The maximum Gasteiger partial charge on any atom is 0.350 e. The Labute approximate surface area is 174 Å². The normalized spacial score (nSPS) is 11.7. The fraction of sp³-hybridized carbons (Fsp3) is 0.273. The van der Waals surface area contributed by atoms with Crippen molar-refractivity contribution in [2.24, 2.45) is 0 Å². The van der Waals surface area contributed by atoms with Crippen LogP contribution in [0.2, 0.25) is 0 Å². The Kier molecular flexibility index (Phi) is 6.72. The number of carbonyl (C=O) groups excluding carboxylic acids is 2. The van der Waals surface area contributed by atoms with Gasteiger partial charge in [0.15, 0.2) is 6.61 Å². The Hall–Kier alpha value is -3.06. The summed E-state index contributed by atoms with van der Waals surface area (Å²) in [5.74, 6) is -0.890. The second kappa shape index (κ2) is 9.43. The summed E-state index contributed by atoms with van der Waals surface area (Å²) in [5.41, 5.74) is 3.44. The summed E-state index contributed by atoms with van der Waals surface area (Å²) in [5, 5.41) is 3.56. The molecule has 0 saturated heterocycles. The zero-order chi connectivity index (χ0) is 20.8. The topological polar surface area (TPSA) is 81.2 Å². The second-order valence-corrected chi connectivity index (χ2v) is 7.66. The predicted octanol–water partition coefficient (Wildman–Crippen LogP) is 4.25. The Morgan fingerprint density at radius 3 is 2.55 bits per heavy atom. The Morgan fingerprint density at radius 1 is 1.14 bits per heavy atom. The summed E-state index contributed by atoms with van der Waals surface area (Å²) in [6.45, 7) is 5.42. The molecule has 3 rings (SSSR count). The van der Waals surface area contributed by atoms with E-state index in [0.717, 1.165) is 17.5 Å². The lowest BCUT2D eigenvalue weighted by molar-refractivity contribution is -0.125. The highest BCUT2D eigenvalue weighted by Gasteiger charge is 2.20. The molecule has 29 heavy (non-hydrogen) atoms. The highest BCUT2D eigenvalue weighted by atomic mass is 32.1. The van der Waals surface area contributed by atoms with Crippen molar-refractivity contribution < 1.29 is 14.3 Å². The first-order valence-electron chi connectivity index (χ1n) is 9.39. The summed E-state index contributed by atoms with van der Waals surface area (Å²) >= 11 is 1.21. The number of amides is 1. The summed E-state index contributed by atoms with van der Waals surface area (Å²) in [4.78, 5) is 33.7. The van der Waals surface area contributed by atoms with Crippen LogP contribution in [-0.2, 0) is 9.53 Å². The van der Waals surface area contributed by atoms with Crippen LogP contribution in [0.5, 0.6) is 0 Å². The quantitative estimate of drug-likeness (QED) is 0.590. The van der Waals surface area contributed by atoms with Crippen molar-refractivity contribution in [3.8, 4) is 10.7 Å². The van der Waals surface area contributed by atoms with Crippen LogP contribution in [0, 0.1) is 13.8 Å². The van der Waals surface area contributed by atoms with Crippen molar-refractivity contribution in [1.29, 1.82) is 0 Å². The van der Waals surface area contributed by atoms with Crippen LogP contribution in [0.4, 0.5) is 0 Å². The maximum atomic E-state index is 12.4. The van der Waals surface area contributed by atoms with E-state index in [1.54, 1.807) is 13.1 Å². The number of hydrogen-bond acceptors (Lipinski definition) is 6. The molecule has 0 aliphatic heterocycles. The third kappa shape index (κ3) is 5.26. The second-order valence-electron chi connectivity index (χ2n) is 6.66. The average molecular weight is 410 g/mol. The van der Waals surface area contributed by atoms with Crippen LogP contribution < -0.4 is 5.32 Å². The average Bonchev–Trinajstić information content (AvgIpc) is 3.13. The largest absolute Gasteiger partial charge is 0.451 e. The van der Waals surface area contributed by atoms with E-state index in [-0.39, 0.29) is 18.6 Å². The highest BCUT2D eigenvalue weighted by molar-refractivity contribution is 7.17. The number of pyridine rings is 1. The minimum absolute atomic E-state index is 0.122. The zero-order valence-corrected chi connectivity index (χ0v) is 17.5. The van der Waals surface area contributed by atoms with Crippen molar-refractivity contribution in [2.75, 3.05) is 6.61 Å². The fourth-order valence-electron chi connectivity index (χ4n) is 2.84. The van der Waals surface area contributed by atoms with Gasteiger partial charge in [-0.2, -0.15) is 0 Å². The number of thiazole rings is 1. The van der Waals surface area contributed by atoms with Crippen LogP contribution in [0.3, 0.4) is 0 Å². The molecule has 2 heterocycles. The molecule has 1 amide bonds. The Morgan fingerprint density at radius 2 is 1.90 bits per heavy atom. The van der Waals surface area contributed by atoms with E-state index in [1.165, 1.54) is 11.3 Å². The SMILES string of the molecule is CC[C@@H](NC(=O)COC(=O)c1sc(-c2ccccn2)nc1C)c1ccc(C)cc1. The van der Waals surface area contributed by atoms with E-state index in [1.807, 2.05) is 56.3 Å². The van der Waals surface area contributed by atoms with Crippen LogP contribution in [-0.4, -0.2) is 28.5 Å².